The van der Waals surface area contributed by atoms with Gasteiger partial charge in [-0.05, 0) is 99.9 Å². The molecule has 0 saturated carbocycles. The lowest BCUT2D eigenvalue weighted by atomic mass is 9.88. The summed E-state index contributed by atoms with van der Waals surface area (Å²) in [6.45, 7) is 14.7. The number of carbonyl (C=O) groups is 3. The molecule has 5 nitrogen and oxygen atoms in total. The van der Waals surface area contributed by atoms with Crippen molar-refractivity contribution in [1.29, 1.82) is 0 Å². The molecule has 2 aliphatic carbocycles. The lowest BCUT2D eigenvalue weighted by Gasteiger charge is -2.17. The molecule has 0 heterocycles. The Kier molecular flexibility index (Phi) is 10.6. The summed E-state index contributed by atoms with van der Waals surface area (Å²) in [6.07, 6.45) is 9.99. The van der Waals surface area contributed by atoms with Gasteiger partial charge in [0.2, 0.25) is 0 Å². The minimum Gasteiger partial charge on any atom is -0.304 e. The minimum atomic E-state index is -0.193. The van der Waals surface area contributed by atoms with Crippen molar-refractivity contribution in [3.05, 3.63) is 58.2 Å². The van der Waals surface area contributed by atoms with E-state index >= 15 is 0 Å². The van der Waals surface area contributed by atoms with Gasteiger partial charge in [0.1, 0.15) is 0 Å². The summed E-state index contributed by atoms with van der Waals surface area (Å²) in [6, 6.07) is 5.71. The number of ketones is 3. The third kappa shape index (κ3) is 6.77. The summed E-state index contributed by atoms with van der Waals surface area (Å²) >= 11 is 0. The monoisotopic (exact) mass is 490 g/mol. The van der Waals surface area contributed by atoms with Crippen LogP contribution in [0.25, 0.3) is 11.6 Å². The topological polar surface area (TPSA) is 57.7 Å². The first kappa shape index (κ1) is 27.9. The molecule has 0 bridgehead atoms. The van der Waals surface area contributed by atoms with E-state index in [4.69, 9.17) is 0 Å². The van der Waals surface area contributed by atoms with Crippen LogP contribution in [-0.4, -0.2) is 66.4 Å². The van der Waals surface area contributed by atoms with Gasteiger partial charge in [0.05, 0.1) is 5.57 Å². The molecule has 0 N–H and O–H groups in total. The van der Waals surface area contributed by atoms with E-state index in [1.807, 2.05) is 30.4 Å². The number of rotatable bonds is 16. The minimum absolute atomic E-state index is 0.0766. The van der Waals surface area contributed by atoms with E-state index in [2.05, 4.69) is 37.5 Å². The van der Waals surface area contributed by atoms with Crippen molar-refractivity contribution >= 4 is 29.0 Å². The van der Waals surface area contributed by atoms with Crippen LogP contribution in [-0.2, 0) is 9.59 Å². The van der Waals surface area contributed by atoms with Gasteiger partial charge in [-0.25, -0.2) is 0 Å². The van der Waals surface area contributed by atoms with Gasteiger partial charge >= 0.3 is 0 Å². The first-order valence-corrected chi connectivity index (χ1v) is 13.8. The predicted octanol–water partition coefficient (Wildman–Crippen LogP) is 5.75. The lowest BCUT2D eigenvalue weighted by Crippen LogP contribution is -2.24. The second-order valence-corrected chi connectivity index (χ2v) is 9.66. The van der Waals surface area contributed by atoms with Crippen LogP contribution >= 0.6 is 0 Å². The SMILES string of the molecule is CCN(CC)CCCCC(=O)C1=CC=C2C(=Cc3cc(C(=O)CCCCN(CC)CC)ccc32)C1=O. The molecule has 194 valence electrons. The number of nitrogens with zero attached hydrogens (tertiary/aromatic N) is 2. The summed E-state index contributed by atoms with van der Waals surface area (Å²) in [5.41, 5.74) is 4.25. The van der Waals surface area contributed by atoms with Crippen molar-refractivity contribution in [2.75, 3.05) is 39.3 Å². The molecule has 0 fully saturated rings. The molecule has 0 atom stereocenters. The van der Waals surface area contributed by atoms with Crippen molar-refractivity contribution in [2.24, 2.45) is 0 Å². The molecule has 0 radical (unpaired) electrons. The molecule has 5 heteroatoms. The van der Waals surface area contributed by atoms with Crippen LogP contribution in [0.3, 0.4) is 0 Å². The van der Waals surface area contributed by atoms with E-state index in [1.165, 1.54) is 0 Å². The lowest BCUT2D eigenvalue weighted by molar-refractivity contribution is -0.119. The maximum absolute atomic E-state index is 13.2. The first-order chi connectivity index (χ1) is 17.4. The van der Waals surface area contributed by atoms with Crippen LogP contribution in [0.4, 0.5) is 0 Å². The van der Waals surface area contributed by atoms with Crippen molar-refractivity contribution in [3.63, 3.8) is 0 Å². The highest BCUT2D eigenvalue weighted by atomic mass is 16.1. The Hall–Kier alpha value is -2.63. The van der Waals surface area contributed by atoms with Gasteiger partial charge in [-0.15, -0.1) is 0 Å². The zero-order valence-corrected chi connectivity index (χ0v) is 22.6. The van der Waals surface area contributed by atoms with E-state index < -0.39 is 0 Å². The summed E-state index contributed by atoms with van der Waals surface area (Å²) in [5.74, 6) is -0.126. The quantitative estimate of drug-likeness (QED) is 0.168. The number of hydrogen-bond donors (Lipinski definition) is 0. The highest BCUT2D eigenvalue weighted by molar-refractivity contribution is 6.35. The Morgan fingerprint density at radius 2 is 1.31 bits per heavy atom. The van der Waals surface area contributed by atoms with Crippen molar-refractivity contribution in [1.82, 2.24) is 9.80 Å². The molecule has 0 amide bonds. The fraction of sp³-hybridized carbons (Fsp3) is 0.516. The Bertz CT molecular complexity index is 1060. The zero-order chi connectivity index (χ0) is 26.1. The molecule has 0 saturated heterocycles. The van der Waals surface area contributed by atoms with Crippen molar-refractivity contribution in [3.8, 4) is 0 Å². The highest BCUT2D eigenvalue weighted by Gasteiger charge is 2.31. The molecule has 2 aliphatic rings. The van der Waals surface area contributed by atoms with E-state index in [0.717, 1.165) is 81.7 Å². The van der Waals surface area contributed by atoms with Gasteiger partial charge in [-0.3, -0.25) is 14.4 Å². The largest absolute Gasteiger partial charge is 0.304 e. The second-order valence-electron chi connectivity index (χ2n) is 9.66. The smallest absolute Gasteiger partial charge is 0.197 e. The standard InChI is InChI=1S/C31H42N2O3/c1-5-32(6-2)19-11-9-13-29(34)23-15-16-25-24(21-23)22-28-26(25)17-18-27(31(28)36)30(35)14-10-12-20-33(7-3)8-4/h15-18,21-22H,5-14,19-20H2,1-4H3. The van der Waals surface area contributed by atoms with Crippen LogP contribution in [0.1, 0.15) is 87.7 Å². The van der Waals surface area contributed by atoms with Gasteiger partial charge < -0.3 is 9.80 Å². The maximum Gasteiger partial charge on any atom is 0.197 e. The Labute approximate surface area is 216 Å². The molecule has 1 aromatic rings. The van der Waals surface area contributed by atoms with Crippen LogP contribution < -0.4 is 0 Å². The maximum atomic E-state index is 13.2. The van der Waals surface area contributed by atoms with Gasteiger partial charge in [0.25, 0.3) is 0 Å². The molecular formula is C31H42N2O3. The van der Waals surface area contributed by atoms with Crippen LogP contribution in [0.15, 0.2) is 41.5 Å². The average Bonchev–Trinajstić information content (AvgIpc) is 3.27. The number of fused-ring (bicyclic) bond motifs is 3. The Morgan fingerprint density at radius 3 is 1.89 bits per heavy atom. The second kappa shape index (κ2) is 13.6. The van der Waals surface area contributed by atoms with Crippen LogP contribution in [0.5, 0.6) is 0 Å². The van der Waals surface area contributed by atoms with E-state index in [-0.39, 0.29) is 22.9 Å². The summed E-state index contributed by atoms with van der Waals surface area (Å²) in [5, 5.41) is 0. The number of carbonyl (C=O) groups excluding carboxylic acids is 3. The van der Waals surface area contributed by atoms with Gasteiger partial charge in [-0.1, -0.05) is 45.9 Å². The number of hydrogen-bond acceptors (Lipinski definition) is 5. The molecular weight excluding hydrogens is 448 g/mol. The normalized spacial score (nSPS) is 14.5. The Morgan fingerprint density at radius 1 is 0.722 bits per heavy atom. The Balaban J connectivity index is 1.59. The van der Waals surface area contributed by atoms with Gasteiger partial charge in [0, 0.05) is 24.0 Å². The highest BCUT2D eigenvalue weighted by Crippen LogP contribution is 2.40. The molecule has 0 spiro atoms. The first-order valence-electron chi connectivity index (χ1n) is 13.8. The number of allylic oxidation sites excluding steroid dienone is 5. The van der Waals surface area contributed by atoms with E-state index in [9.17, 15) is 14.4 Å². The van der Waals surface area contributed by atoms with Crippen molar-refractivity contribution < 1.29 is 14.4 Å². The molecule has 0 unspecified atom stereocenters. The number of Topliss-reactive ketones (excluding diaryl/α,β-unsaturated/α-hetero) is 3. The summed E-state index contributed by atoms with van der Waals surface area (Å²) < 4.78 is 0. The molecule has 1 aromatic carbocycles. The molecule has 0 aromatic heterocycles. The third-order valence-corrected chi connectivity index (χ3v) is 7.51. The van der Waals surface area contributed by atoms with Crippen LogP contribution in [0, 0.1) is 0 Å². The summed E-state index contributed by atoms with van der Waals surface area (Å²) in [4.78, 5) is 43.5. The molecule has 36 heavy (non-hydrogen) atoms. The number of unbranched alkanes of at least 4 members (excludes halogenated alkanes) is 2. The fourth-order valence-corrected chi connectivity index (χ4v) is 5.05. The average molecular weight is 491 g/mol. The fourth-order valence-electron chi connectivity index (χ4n) is 5.05. The van der Waals surface area contributed by atoms with E-state index in [0.29, 0.717) is 24.0 Å². The van der Waals surface area contributed by atoms with Crippen LogP contribution in [0.2, 0.25) is 0 Å². The number of benzene rings is 1. The van der Waals surface area contributed by atoms with Crippen molar-refractivity contribution in [2.45, 2.75) is 66.2 Å². The summed E-state index contributed by atoms with van der Waals surface area (Å²) in [7, 11) is 0. The van der Waals surface area contributed by atoms with E-state index in [1.54, 1.807) is 6.08 Å². The third-order valence-electron chi connectivity index (χ3n) is 7.51. The molecule has 3 rings (SSSR count). The van der Waals surface area contributed by atoms with Gasteiger partial charge in [-0.2, -0.15) is 0 Å². The molecule has 0 aliphatic heterocycles. The predicted molar refractivity (Wildman–Crippen MR) is 148 cm³/mol. The zero-order valence-electron chi connectivity index (χ0n) is 22.6. The van der Waals surface area contributed by atoms with Gasteiger partial charge in [0.15, 0.2) is 17.3 Å².